The molecule has 190 valence electrons. The highest BCUT2D eigenvalue weighted by Gasteiger charge is 2.21. The van der Waals surface area contributed by atoms with Gasteiger partial charge in [-0.25, -0.2) is 9.36 Å². The fraction of sp³-hybridized carbons (Fsp3) is 0.0278. The number of fused-ring (bicyclic) bond motifs is 8. The van der Waals surface area contributed by atoms with Crippen LogP contribution in [0.5, 0.6) is 0 Å². The number of aromatic nitrogens is 2. The lowest BCUT2D eigenvalue weighted by atomic mass is 10.0. The van der Waals surface area contributed by atoms with Gasteiger partial charge in [-0.15, -0.1) is 0 Å². The molecule has 0 spiro atoms. The van der Waals surface area contributed by atoms with Crippen LogP contribution in [0.1, 0.15) is 5.56 Å². The van der Waals surface area contributed by atoms with Crippen molar-refractivity contribution in [3.8, 4) is 5.69 Å². The van der Waals surface area contributed by atoms with Crippen molar-refractivity contribution in [3.63, 3.8) is 0 Å². The maximum atomic E-state index is 13.7. The van der Waals surface area contributed by atoms with Gasteiger partial charge in [-0.1, -0.05) is 103 Å². The van der Waals surface area contributed by atoms with E-state index in [1.807, 2.05) is 54.6 Å². The molecule has 4 heteroatoms. The lowest BCUT2D eigenvalue weighted by Gasteiger charge is -2.11. The van der Waals surface area contributed by atoms with Crippen molar-refractivity contribution < 1.29 is 9.53 Å². The predicted octanol–water partition coefficient (Wildman–Crippen LogP) is 9.23. The summed E-state index contributed by atoms with van der Waals surface area (Å²) >= 11 is 0. The highest BCUT2D eigenvalue weighted by molar-refractivity contribution is 6.24. The van der Waals surface area contributed by atoms with Crippen molar-refractivity contribution in [2.75, 3.05) is 0 Å². The van der Waals surface area contributed by atoms with Crippen LogP contribution in [-0.4, -0.2) is 15.2 Å². The molecule has 0 atom stereocenters. The lowest BCUT2D eigenvalue weighted by molar-refractivity contribution is 0.143. The summed E-state index contributed by atoms with van der Waals surface area (Å²) in [4.78, 5) is 13.7. The molecule has 0 aliphatic rings. The molecule has 0 radical (unpaired) electrons. The third kappa shape index (κ3) is 3.36. The maximum Gasteiger partial charge on any atom is 0.419 e. The molecule has 0 saturated heterocycles. The third-order valence-corrected chi connectivity index (χ3v) is 7.85. The molecule has 0 amide bonds. The Morgan fingerprint density at radius 2 is 1.23 bits per heavy atom. The standard InChI is InChI=1S/C36H24N2O2/c39-36(40-23-24-11-3-1-4-12-24)38-32-18-10-9-17-28(32)30-21-31-29-20-19-25-13-7-8-16-27(25)35(29)37(33(31)22-34(30)38)26-14-5-2-6-15-26/h1-22H,23H2. The second kappa shape index (κ2) is 8.85. The Bertz CT molecular complexity index is 2220. The van der Waals surface area contributed by atoms with Crippen molar-refractivity contribution in [2.24, 2.45) is 0 Å². The quantitative estimate of drug-likeness (QED) is 0.235. The molecule has 0 unspecified atom stereocenters. The zero-order valence-electron chi connectivity index (χ0n) is 21.6. The molecule has 40 heavy (non-hydrogen) atoms. The number of benzene rings is 6. The highest BCUT2D eigenvalue weighted by atomic mass is 16.5. The van der Waals surface area contributed by atoms with Crippen LogP contribution in [0.3, 0.4) is 0 Å². The Labute approximate surface area is 230 Å². The average molecular weight is 517 g/mol. The summed E-state index contributed by atoms with van der Waals surface area (Å²) in [6, 6.07) is 45.6. The van der Waals surface area contributed by atoms with Gasteiger partial charge in [-0.05, 0) is 41.3 Å². The molecule has 8 aromatic rings. The fourth-order valence-corrected chi connectivity index (χ4v) is 6.06. The molecule has 4 nitrogen and oxygen atoms in total. The first-order valence-corrected chi connectivity index (χ1v) is 13.4. The van der Waals surface area contributed by atoms with Crippen LogP contribution in [0.25, 0.3) is 60.1 Å². The van der Waals surface area contributed by atoms with Crippen molar-refractivity contribution in [3.05, 3.63) is 139 Å². The number of carbonyl (C=O) groups excluding carboxylic acids is 1. The van der Waals surface area contributed by atoms with Crippen molar-refractivity contribution in [2.45, 2.75) is 6.61 Å². The minimum atomic E-state index is -0.387. The molecule has 8 rings (SSSR count). The summed E-state index contributed by atoms with van der Waals surface area (Å²) in [7, 11) is 0. The van der Waals surface area contributed by atoms with Gasteiger partial charge in [-0.2, -0.15) is 0 Å². The van der Waals surface area contributed by atoms with Crippen LogP contribution in [0, 0.1) is 0 Å². The van der Waals surface area contributed by atoms with Crippen LogP contribution >= 0.6 is 0 Å². The van der Waals surface area contributed by atoms with E-state index in [-0.39, 0.29) is 12.7 Å². The van der Waals surface area contributed by atoms with E-state index in [4.69, 9.17) is 4.74 Å². The monoisotopic (exact) mass is 516 g/mol. The fourth-order valence-electron chi connectivity index (χ4n) is 6.06. The molecule has 6 aromatic carbocycles. The van der Waals surface area contributed by atoms with Gasteiger partial charge in [0, 0.05) is 32.6 Å². The Morgan fingerprint density at radius 3 is 2.05 bits per heavy atom. The Balaban J connectivity index is 1.45. The SMILES string of the molecule is O=C(OCc1ccccc1)n1c2ccccc2c2cc3c4ccc5ccccc5c4n(-c4ccccc4)c3cc21. The first-order chi connectivity index (χ1) is 19.8. The Morgan fingerprint density at radius 1 is 0.550 bits per heavy atom. The van der Waals surface area contributed by atoms with E-state index in [1.165, 1.54) is 16.2 Å². The molecule has 2 heterocycles. The van der Waals surface area contributed by atoms with Crippen LogP contribution in [0.15, 0.2) is 133 Å². The number of hydrogen-bond donors (Lipinski definition) is 0. The van der Waals surface area contributed by atoms with Crippen LogP contribution < -0.4 is 0 Å². The molecule has 0 fully saturated rings. The van der Waals surface area contributed by atoms with Gasteiger partial charge in [0.25, 0.3) is 0 Å². The maximum absolute atomic E-state index is 13.7. The van der Waals surface area contributed by atoms with Gasteiger partial charge >= 0.3 is 6.09 Å². The van der Waals surface area contributed by atoms with E-state index >= 15 is 0 Å². The normalized spacial score (nSPS) is 11.7. The zero-order valence-corrected chi connectivity index (χ0v) is 21.6. The number of carbonyl (C=O) groups is 1. The molecule has 0 N–H and O–H groups in total. The second-order valence-electron chi connectivity index (χ2n) is 10.1. The van der Waals surface area contributed by atoms with E-state index in [9.17, 15) is 4.79 Å². The molecular weight excluding hydrogens is 492 g/mol. The van der Waals surface area contributed by atoms with E-state index in [0.717, 1.165) is 49.5 Å². The largest absolute Gasteiger partial charge is 0.444 e. The number of ether oxygens (including phenoxy) is 1. The van der Waals surface area contributed by atoms with Crippen molar-refractivity contribution in [1.82, 2.24) is 9.13 Å². The predicted molar refractivity (Wildman–Crippen MR) is 163 cm³/mol. The van der Waals surface area contributed by atoms with E-state index in [1.54, 1.807) is 4.57 Å². The summed E-state index contributed by atoms with van der Waals surface area (Å²) in [5, 5.41) is 6.77. The van der Waals surface area contributed by atoms with Gasteiger partial charge in [0.15, 0.2) is 0 Å². The van der Waals surface area contributed by atoms with Crippen molar-refractivity contribution >= 4 is 60.5 Å². The van der Waals surface area contributed by atoms with Crippen LogP contribution in [0.4, 0.5) is 4.79 Å². The number of rotatable bonds is 3. The second-order valence-corrected chi connectivity index (χ2v) is 10.1. The van der Waals surface area contributed by atoms with Gasteiger partial charge in [-0.3, -0.25) is 0 Å². The third-order valence-electron chi connectivity index (χ3n) is 7.85. The van der Waals surface area contributed by atoms with Crippen LogP contribution in [0.2, 0.25) is 0 Å². The van der Waals surface area contributed by atoms with Gasteiger partial charge < -0.3 is 9.30 Å². The summed E-state index contributed by atoms with van der Waals surface area (Å²) < 4.78 is 9.89. The first kappa shape index (κ1) is 22.6. The molecular formula is C36H24N2O2. The number of para-hydroxylation sites is 2. The smallest absolute Gasteiger partial charge is 0.419 e. The Kier molecular flexibility index (Phi) is 5.01. The summed E-state index contributed by atoms with van der Waals surface area (Å²) in [6.45, 7) is 0.214. The van der Waals surface area contributed by atoms with E-state index < -0.39 is 0 Å². The average Bonchev–Trinajstić information content (AvgIpc) is 3.52. The molecule has 2 aromatic heterocycles. The van der Waals surface area contributed by atoms with Gasteiger partial charge in [0.2, 0.25) is 0 Å². The summed E-state index contributed by atoms with van der Waals surface area (Å²) in [6.07, 6.45) is -0.387. The van der Waals surface area contributed by atoms with E-state index in [2.05, 4.69) is 83.4 Å². The lowest BCUT2D eigenvalue weighted by Crippen LogP contribution is -2.13. The number of nitrogens with zero attached hydrogens (tertiary/aromatic N) is 2. The first-order valence-electron chi connectivity index (χ1n) is 13.4. The molecule has 0 bridgehead atoms. The summed E-state index contributed by atoms with van der Waals surface area (Å²) in [5.41, 5.74) is 5.90. The minimum absolute atomic E-state index is 0.214. The van der Waals surface area contributed by atoms with Gasteiger partial charge in [0.05, 0.1) is 22.1 Å². The van der Waals surface area contributed by atoms with E-state index in [0.29, 0.717) is 0 Å². The summed E-state index contributed by atoms with van der Waals surface area (Å²) in [5.74, 6) is 0. The molecule has 0 aliphatic carbocycles. The minimum Gasteiger partial charge on any atom is -0.444 e. The Hall–Kier alpha value is -5.35. The van der Waals surface area contributed by atoms with Crippen LogP contribution in [-0.2, 0) is 11.3 Å². The molecule has 0 saturated carbocycles. The topological polar surface area (TPSA) is 36.2 Å². The zero-order chi connectivity index (χ0) is 26.6. The number of hydrogen-bond acceptors (Lipinski definition) is 2. The highest BCUT2D eigenvalue weighted by Crippen LogP contribution is 2.40. The van der Waals surface area contributed by atoms with Gasteiger partial charge in [0.1, 0.15) is 6.61 Å². The molecule has 0 aliphatic heterocycles. The van der Waals surface area contributed by atoms with Crippen molar-refractivity contribution in [1.29, 1.82) is 0 Å².